The minimum atomic E-state index is -0.794. The standard InChI is InChI=1S/C27H23BrN2O5/c1-16-7-9-20(10-8-16)30-26(32)21(25(31)29-27(30)33)12-19-13-23(34-3)24(14-22(19)28)35-15-18-6-4-5-17(2)11-18/h4-14H,15H2,1-3H3,(H,29,31,33)/b21-12+. The second-order valence-electron chi connectivity index (χ2n) is 8.10. The summed E-state index contributed by atoms with van der Waals surface area (Å²) < 4.78 is 12.0. The third-order valence-electron chi connectivity index (χ3n) is 5.45. The van der Waals surface area contributed by atoms with Crippen LogP contribution >= 0.6 is 15.9 Å². The predicted octanol–water partition coefficient (Wildman–Crippen LogP) is 5.32. The molecule has 0 unspecified atom stereocenters. The number of halogens is 1. The molecule has 0 atom stereocenters. The molecule has 7 nitrogen and oxygen atoms in total. The van der Waals surface area contributed by atoms with E-state index in [1.165, 1.54) is 13.2 Å². The number of rotatable bonds is 6. The van der Waals surface area contributed by atoms with Gasteiger partial charge < -0.3 is 9.47 Å². The van der Waals surface area contributed by atoms with Crippen molar-refractivity contribution in [3.8, 4) is 11.5 Å². The Bertz CT molecular complexity index is 1350. The molecule has 0 radical (unpaired) electrons. The Morgan fingerprint density at radius 1 is 0.943 bits per heavy atom. The summed E-state index contributed by atoms with van der Waals surface area (Å²) in [5.74, 6) is -0.552. The zero-order chi connectivity index (χ0) is 25.1. The molecule has 4 rings (SSSR count). The van der Waals surface area contributed by atoms with Gasteiger partial charge in [0.25, 0.3) is 11.8 Å². The van der Waals surface area contributed by atoms with Crippen LogP contribution < -0.4 is 19.7 Å². The number of aryl methyl sites for hydroxylation is 2. The smallest absolute Gasteiger partial charge is 0.335 e. The number of methoxy groups -OCH3 is 1. The minimum Gasteiger partial charge on any atom is -0.493 e. The number of imide groups is 2. The summed E-state index contributed by atoms with van der Waals surface area (Å²) in [7, 11) is 1.51. The fourth-order valence-electron chi connectivity index (χ4n) is 3.64. The number of urea groups is 1. The molecule has 35 heavy (non-hydrogen) atoms. The van der Waals surface area contributed by atoms with Gasteiger partial charge in [-0.05, 0) is 55.3 Å². The Hall–Kier alpha value is -3.91. The highest BCUT2D eigenvalue weighted by molar-refractivity contribution is 9.10. The van der Waals surface area contributed by atoms with Gasteiger partial charge in [0.2, 0.25) is 0 Å². The number of carbonyl (C=O) groups excluding carboxylic acids is 3. The van der Waals surface area contributed by atoms with E-state index in [2.05, 4.69) is 21.2 Å². The molecule has 8 heteroatoms. The zero-order valence-electron chi connectivity index (χ0n) is 19.4. The number of nitrogens with zero attached hydrogens (tertiary/aromatic N) is 1. The Balaban J connectivity index is 1.64. The topological polar surface area (TPSA) is 84.9 Å². The summed E-state index contributed by atoms with van der Waals surface area (Å²) in [5, 5.41) is 2.23. The monoisotopic (exact) mass is 534 g/mol. The number of hydrogen-bond acceptors (Lipinski definition) is 5. The first kappa shape index (κ1) is 24.2. The number of hydrogen-bond donors (Lipinski definition) is 1. The molecule has 0 saturated carbocycles. The lowest BCUT2D eigenvalue weighted by molar-refractivity contribution is -0.122. The van der Waals surface area contributed by atoms with Crippen LogP contribution in [0, 0.1) is 13.8 Å². The fraction of sp³-hybridized carbons (Fsp3) is 0.148. The van der Waals surface area contributed by atoms with Crippen molar-refractivity contribution >= 4 is 45.5 Å². The van der Waals surface area contributed by atoms with Crippen LogP contribution in [0.2, 0.25) is 0 Å². The highest BCUT2D eigenvalue weighted by Crippen LogP contribution is 2.35. The maximum atomic E-state index is 13.2. The average Bonchev–Trinajstić information content (AvgIpc) is 2.82. The van der Waals surface area contributed by atoms with Gasteiger partial charge in [-0.25, -0.2) is 9.69 Å². The molecule has 4 amide bonds. The van der Waals surface area contributed by atoms with Crippen LogP contribution in [0.3, 0.4) is 0 Å². The zero-order valence-corrected chi connectivity index (χ0v) is 21.0. The number of ether oxygens (including phenoxy) is 2. The summed E-state index contributed by atoms with van der Waals surface area (Å²) in [6, 6.07) is 17.4. The van der Waals surface area contributed by atoms with E-state index in [4.69, 9.17) is 9.47 Å². The van der Waals surface area contributed by atoms with Crippen molar-refractivity contribution in [3.05, 3.63) is 93.0 Å². The third kappa shape index (κ3) is 5.27. The van der Waals surface area contributed by atoms with Gasteiger partial charge in [0.15, 0.2) is 11.5 Å². The number of benzene rings is 3. The minimum absolute atomic E-state index is 0.179. The molecule has 1 fully saturated rings. The van der Waals surface area contributed by atoms with Crippen molar-refractivity contribution in [1.82, 2.24) is 5.32 Å². The lowest BCUT2D eigenvalue weighted by atomic mass is 10.1. The van der Waals surface area contributed by atoms with Gasteiger partial charge in [-0.1, -0.05) is 63.5 Å². The van der Waals surface area contributed by atoms with Crippen molar-refractivity contribution in [2.45, 2.75) is 20.5 Å². The van der Waals surface area contributed by atoms with E-state index in [1.54, 1.807) is 36.4 Å². The van der Waals surface area contributed by atoms with E-state index in [9.17, 15) is 14.4 Å². The average molecular weight is 535 g/mol. The molecule has 3 aromatic rings. The Morgan fingerprint density at radius 3 is 2.37 bits per heavy atom. The van der Waals surface area contributed by atoms with Gasteiger partial charge in [0.05, 0.1) is 12.8 Å². The predicted molar refractivity (Wildman–Crippen MR) is 136 cm³/mol. The third-order valence-corrected chi connectivity index (χ3v) is 6.14. The molecule has 0 bridgehead atoms. The highest BCUT2D eigenvalue weighted by Gasteiger charge is 2.37. The van der Waals surface area contributed by atoms with Crippen molar-refractivity contribution < 1.29 is 23.9 Å². The summed E-state index contributed by atoms with van der Waals surface area (Å²) in [6.07, 6.45) is 1.42. The maximum absolute atomic E-state index is 13.2. The van der Waals surface area contributed by atoms with Gasteiger partial charge >= 0.3 is 6.03 Å². The van der Waals surface area contributed by atoms with Crippen molar-refractivity contribution in [2.24, 2.45) is 0 Å². The van der Waals surface area contributed by atoms with Crippen LogP contribution in [0.15, 0.2) is 70.7 Å². The van der Waals surface area contributed by atoms with E-state index >= 15 is 0 Å². The number of barbiturate groups is 1. The van der Waals surface area contributed by atoms with Crippen molar-refractivity contribution in [2.75, 3.05) is 12.0 Å². The second kappa shape index (κ2) is 10.1. The number of nitrogens with one attached hydrogen (secondary N) is 1. The molecule has 3 aromatic carbocycles. The number of anilines is 1. The van der Waals surface area contributed by atoms with Crippen LogP contribution in [-0.4, -0.2) is 25.0 Å². The summed E-state index contributed by atoms with van der Waals surface area (Å²) in [4.78, 5) is 39.1. The summed E-state index contributed by atoms with van der Waals surface area (Å²) in [6.45, 7) is 4.26. The van der Waals surface area contributed by atoms with Crippen LogP contribution in [0.1, 0.15) is 22.3 Å². The summed E-state index contributed by atoms with van der Waals surface area (Å²) in [5.41, 5.74) is 3.83. The molecular weight excluding hydrogens is 512 g/mol. The molecule has 1 saturated heterocycles. The first-order chi connectivity index (χ1) is 16.8. The SMILES string of the molecule is COc1cc(/C=C2\C(=O)NC(=O)N(c3ccc(C)cc3)C2=O)c(Br)cc1OCc1cccc(C)c1. The lowest BCUT2D eigenvalue weighted by Gasteiger charge is -2.26. The maximum Gasteiger partial charge on any atom is 0.335 e. The van der Waals surface area contributed by atoms with E-state index in [1.807, 2.05) is 38.1 Å². The lowest BCUT2D eigenvalue weighted by Crippen LogP contribution is -2.54. The quantitative estimate of drug-likeness (QED) is 0.341. The molecular formula is C27H23BrN2O5. The highest BCUT2D eigenvalue weighted by atomic mass is 79.9. The van der Waals surface area contributed by atoms with Gasteiger partial charge in [-0.3, -0.25) is 14.9 Å². The van der Waals surface area contributed by atoms with Crippen LogP contribution in [0.4, 0.5) is 10.5 Å². The summed E-state index contributed by atoms with van der Waals surface area (Å²) >= 11 is 3.49. The van der Waals surface area contributed by atoms with Crippen molar-refractivity contribution in [1.29, 1.82) is 0 Å². The van der Waals surface area contributed by atoms with E-state index < -0.39 is 17.8 Å². The molecule has 1 heterocycles. The van der Waals surface area contributed by atoms with Gasteiger partial charge in [-0.15, -0.1) is 0 Å². The van der Waals surface area contributed by atoms with Gasteiger partial charge in [0.1, 0.15) is 12.2 Å². The molecule has 0 aliphatic carbocycles. The fourth-order valence-corrected chi connectivity index (χ4v) is 4.07. The first-order valence-corrected chi connectivity index (χ1v) is 11.6. The molecule has 0 spiro atoms. The van der Waals surface area contributed by atoms with Gasteiger partial charge in [-0.2, -0.15) is 0 Å². The Kier molecular flexibility index (Phi) is 7.02. The molecule has 1 aliphatic heterocycles. The van der Waals surface area contributed by atoms with E-state index in [-0.39, 0.29) is 5.57 Å². The molecule has 1 N–H and O–H groups in total. The molecule has 0 aromatic heterocycles. The van der Waals surface area contributed by atoms with Crippen molar-refractivity contribution in [3.63, 3.8) is 0 Å². The molecule has 178 valence electrons. The second-order valence-corrected chi connectivity index (χ2v) is 8.95. The Morgan fingerprint density at radius 2 is 1.69 bits per heavy atom. The first-order valence-electron chi connectivity index (χ1n) is 10.8. The largest absolute Gasteiger partial charge is 0.493 e. The van der Waals surface area contributed by atoms with E-state index in [0.29, 0.717) is 33.8 Å². The van der Waals surface area contributed by atoms with Crippen LogP contribution in [-0.2, 0) is 16.2 Å². The Labute approximate surface area is 211 Å². The number of amides is 4. The number of carbonyl (C=O) groups is 3. The van der Waals surface area contributed by atoms with Crippen LogP contribution in [0.25, 0.3) is 6.08 Å². The molecule has 1 aliphatic rings. The normalized spacial score (nSPS) is 14.8. The van der Waals surface area contributed by atoms with Gasteiger partial charge in [0, 0.05) is 4.47 Å². The van der Waals surface area contributed by atoms with E-state index in [0.717, 1.165) is 21.6 Å². The van der Waals surface area contributed by atoms with Crippen LogP contribution in [0.5, 0.6) is 11.5 Å².